The molecular formula is C25H29N3O2. The number of rotatable bonds is 5. The van der Waals surface area contributed by atoms with E-state index in [2.05, 4.69) is 16.3 Å². The number of hydrogen-bond acceptors (Lipinski definition) is 3. The van der Waals surface area contributed by atoms with Crippen LogP contribution in [0.15, 0.2) is 60.7 Å². The van der Waals surface area contributed by atoms with E-state index in [1.165, 1.54) is 12.8 Å². The molecule has 2 aliphatic rings. The van der Waals surface area contributed by atoms with Crippen LogP contribution in [0.4, 0.5) is 11.4 Å². The number of piperidine rings is 1. The highest BCUT2D eigenvalue weighted by Crippen LogP contribution is 2.30. The van der Waals surface area contributed by atoms with Gasteiger partial charge < -0.3 is 15.1 Å². The molecule has 2 saturated heterocycles. The van der Waals surface area contributed by atoms with Crippen molar-refractivity contribution in [3.63, 3.8) is 0 Å². The molecule has 2 aliphatic heterocycles. The molecule has 0 bridgehead atoms. The minimum Gasteiger partial charge on any atom is -0.370 e. The summed E-state index contributed by atoms with van der Waals surface area (Å²) in [5.74, 6) is 0.0180. The summed E-state index contributed by atoms with van der Waals surface area (Å²) < 4.78 is 0. The zero-order valence-corrected chi connectivity index (χ0v) is 17.3. The molecule has 0 spiro atoms. The Bertz CT molecular complexity index is 896. The van der Waals surface area contributed by atoms with Gasteiger partial charge in [-0.05, 0) is 49.5 Å². The fourth-order valence-corrected chi connectivity index (χ4v) is 4.25. The van der Waals surface area contributed by atoms with Crippen LogP contribution in [-0.2, 0) is 9.59 Å². The molecule has 0 aromatic heterocycles. The predicted octanol–water partition coefficient (Wildman–Crippen LogP) is 4.18. The first-order chi connectivity index (χ1) is 14.7. The molecule has 2 amide bonds. The number of hydrogen-bond donors (Lipinski definition) is 1. The first-order valence-corrected chi connectivity index (χ1v) is 10.9. The normalized spacial score (nSPS) is 17.5. The number of nitrogens with one attached hydrogen (secondary N) is 1. The lowest BCUT2D eigenvalue weighted by atomic mass is 9.95. The Labute approximate surface area is 178 Å². The van der Waals surface area contributed by atoms with Crippen LogP contribution in [0.3, 0.4) is 0 Å². The average molecular weight is 404 g/mol. The van der Waals surface area contributed by atoms with Crippen LogP contribution in [0, 0.1) is 5.92 Å². The van der Waals surface area contributed by atoms with Gasteiger partial charge in [0.1, 0.15) is 0 Å². The lowest BCUT2D eigenvalue weighted by Crippen LogP contribution is -2.40. The molecule has 0 unspecified atom stereocenters. The molecule has 5 nitrogen and oxygen atoms in total. The molecule has 0 saturated carbocycles. The Balaban J connectivity index is 1.31. The zero-order valence-electron chi connectivity index (χ0n) is 17.3. The molecule has 0 atom stereocenters. The van der Waals surface area contributed by atoms with Gasteiger partial charge in [-0.2, -0.15) is 0 Å². The maximum absolute atomic E-state index is 12.9. The van der Waals surface area contributed by atoms with E-state index in [0.29, 0.717) is 25.9 Å². The highest BCUT2D eigenvalue weighted by molar-refractivity contribution is 5.96. The Kier molecular flexibility index (Phi) is 6.47. The topological polar surface area (TPSA) is 52.7 Å². The maximum atomic E-state index is 12.9. The van der Waals surface area contributed by atoms with Crippen molar-refractivity contribution in [3.05, 3.63) is 66.2 Å². The maximum Gasteiger partial charge on any atom is 0.246 e. The molecule has 2 heterocycles. The van der Waals surface area contributed by atoms with Crippen molar-refractivity contribution < 1.29 is 9.59 Å². The quantitative estimate of drug-likeness (QED) is 0.762. The smallest absolute Gasteiger partial charge is 0.246 e. The monoisotopic (exact) mass is 403 g/mol. The average Bonchev–Trinajstić information content (AvgIpc) is 3.33. The second-order valence-electron chi connectivity index (χ2n) is 8.04. The van der Waals surface area contributed by atoms with Crippen molar-refractivity contribution in [2.24, 2.45) is 5.92 Å². The van der Waals surface area contributed by atoms with Crippen molar-refractivity contribution in [1.29, 1.82) is 0 Å². The van der Waals surface area contributed by atoms with Gasteiger partial charge >= 0.3 is 0 Å². The molecule has 30 heavy (non-hydrogen) atoms. The number of nitrogens with zero attached hydrogens (tertiary/aromatic N) is 2. The second-order valence-corrected chi connectivity index (χ2v) is 8.04. The Hall–Kier alpha value is -3.08. The van der Waals surface area contributed by atoms with Gasteiger partial charge in [-0.25, -0.2) is 0 Å². The summed E-state index contributed by atoms with van der Waals surface area (Å²) in [5, 5.41) is 3.15. The van der Waals surface area contributed by atoms with Gasteiger partial charge in [0.15, 0.2) is 0 Å². The summed E-state index contributed by atoms with van der Waals surface area (Å²) in [5.41, 5.74) is 3.02. The second kappa shape index (κ2) is 9.61. The summed E-state index contributed by atoms with van der Waals surface area (Å²) in [4.78, 5) is 29.5. The van der Waals surface area contributed by atoms with Gasteiger partial charge in [0, 0.05) is 38.2 Å². The summed E-state index contributed by atoms with van der Waals surface area (Å²) in [6.07, 6.45) is 7.27. The van der Waals surface area contributed by atoms with Gasteiger partial charge in [0.2, 0.25) is 11.8 Å². The van der Waals surface area contributed by atoms with E-state index in [-0.39, 0.29) is 17.7 Å². The van der Waals surface area contributed by atoms with Crippen LogP contribution >= 0.6 is 0 Å². The number of benzene rings is 2. The summed E-state index contributed by atoms with van der Waals surface area (Å²) >= 11 is 0. The fourth-order valence-electron chi connectivity index (χ4n) is 4.25. The van der Waals surface area contributed by atoms with Gasteiger partial charge in [-0.1, -0.05) is 42.5 Å². The standard InChI is InChI=1S/C25H29N3O2/c29-24(13-12-20-8-2-1-3-9-20)28-18-14-21(15-19-28)25(30)26-22-10-4-5-11-23(22)27-16-6-7-17-27/h1-5,8-13,21H,6-7,14-19H2,(H,26,30). The molecule has 156 valence electrons. The SMILES string of the molecule is O=C(Nc1ccccc1N1CCCC1)C1CCN(C(=O)C=Cc2ccccc2)CC1. The zero-order chi connectivity index (χ0) is 20.8. The van der Waals surface area contributed by atoms with Gasteiger partial charge in [-0.3, -0.25) is 9.59 Å². The van der Waals surface area contributed by atoms with Crippen LogP contribution in [0.5, 0.6) is 0 Å². The minimum absolute atomic E-state index is 0.0112. The van der Waals surface area contributed by atoms with Gasteiger partial charge in [0.25, 0.3) is 0 Å². The number of amides is 2. The van der Waals surface area contributed by atoms with Crippen molar-refractivity contribution in [2.75, 3.05) is 36.4 Å². The molecule has 4 rings (SSSR count). The molecule has 5 heteroatoms. The summed E-state index contributed by atoms with van der Waals surface area (Å²) in [6.45, 7) is 3.32. The lowest BCUT2D eigenvalue weighted by molar-refractivity contribution is -0.130. The number of likely N-dealkylation sites (tertiary alicyclic amines) is 1. The third kappa shape index (κ3) is 4.90. The number of anilines is 2. The van der Waals surface area contributed by atoms with Gasteiger partial charge in [0.05, 0.1) is 11.4 Å². The van der Waals surface area contributed by atoms with Crippen LogP contribution in [-0.4, -0.2) is 42.9 Å². The van der Waals surface area contributed by atoms with E-state index in [0.717, 1.165) is 30.0 Å². The summed E-state index contributed by atoms with van der Waals surface area (Å²) in [6, 6.07) is 17.9. The van der Waals surface area contributed by atoms with Crippen LogP contribution < -0.4 is 10.2 Å². The van der Waals surface area contributed by atoms with Crippen LogP contribution in [0.2, 0.25) is 0 Å². The largest absolute Gasteiger partial charge is 0.370 e. The van der Waals surface area contributed by atoms with E-state index in [1.807, 2.05) is 59.5 Å². The molecular weight excluding hydrogens is 374 g/mol. The van der Waals surface area contributed by atoms with E-state index in [9.17, 15) is 9.59 Å². The van der Waals surface area contributed by atoms with Crippen molar-refractivity contribution in [1.82, 2.24) is 4.90 Å². The van der Waals surface area contributed by atoms with E-state index >= 15 is 0 Å². The number of para-hydroxylation sites is 2. The van der Waals surface area contributed by atoms with Crippen molar-refractivity contribution >= 4 is 29.3 Å². The highest BCUT2D eigenvalue weighted by atomic mass is 16.2. The van der Waals surface area contributed by atoms with Crippen molar-refractivity contribution in [2.45, 2.75) is 25.7 Å². The molecule has 0 aliphatic carbocycles. The van der Waals surface area contributed by atoms with Gasteiger partial charge in [-0.15, -0.1) is 0 Å². The third-order valence-electron chi connectivity index (χ3n) is 6.00. The van der Waals surface area contributed by atoms with E-state index in [4.69, 9.17) is 0 Å². The molecule has 0 radical (unpaired) electrons. The number of carbonyl (C=O) groups excluding carboxylic acids is 2. The third-order valence-corrected chi connectivity index (χ3v) is 6.00. The molecule has 2 aromatic rings. The first-order valence-electron chi connectivity index (χ1n) is 10.9. The molecule has 2 fully saturated rings. The highest BCUT2D eigenvalue weighted by Gasteiger charge is 2.27. The van der Waals surface area contributed by atoms with E-state index in [1.54, 1.807) is 6.08 Å². The number of carbonyl (C=O) groups is 2. The lowest BCUT2D eigenvalue weighted by Gasteiger charge is -2.31. The predicted molar refractivity (Wildman–Crippen MR) is 121 cm³/mol. The van der Waals surface area contributed by atoms with Crippen molar-refractivity contribution in [3.8, 4) is 0 Å². The van der Waals surface area contributed by atoms with Crippen LogP contribution in [0.25, 0.3) is 6.08 Å². The minimum atomic E-state index is -0.0567. The Morgan fingerprint density at radius 2 is 1.53 bits per heavy atom. The fraction of sp³-hybridized carbons (Fsp3) is 0.360. The molecule has 1 N–H and O–H groups in total. The first kappa shape index (κ1) is 20.2. The Morgan fingerprint density at radius 1 is 0.867 bits per heavy atom. The Morgan fingerprint density at radius 3 is 2.27 bits per heavy atom. The molecule has 2 aromatic carbocycles. The summed E-state index contributed by atoms with van der Waals surface area (Å²) in [7, 11) is 0. The van der Waals surface area contributed by atoms with E-state index < -0.39 is 0 Å². The van der Waals surface area contributed by atoms with Crippen LogP contribution in [0.1, 0.15) is 31.2 Å².